The van der Waals surface area contributed by atoms with Crippen molar-refractivity contribution in [2.24, 2.45) is 0 Å². The van der Waals surface area contributed by atoms with Gasteiger partial charge in [-0.3, -0.25) is 13.9 Å². The number of hydrogen-bond donors (Lipinski definition) is 1. The van der Waals surface area contributed by atoms with Gasteiger partial charge in [0.15, 0.2) is 0 Å². The molecule has 0 saturated heterocycles. The molecule has 0 radical (unpaired) electrons. The summed E-state index contributed by atoms with van der Waals surface area (Å²) in [6, 6.07) is 20.3. The molecule has 0 aromatic heterocycles. The van der Waals surface area contributed by atoms with E-state index in [1.165, 1.54) is 4.90 Å². The first-order valence-electron chi connectivity index (χ1n) is 12.7. The Bertz CT molecular complexity index is 1370. The summed E-state index contributed by atoms with van der Waals surface area (Å²) < 4.78 is 28.9. The maximum atomic E-state index is 13.9. The van der Waals surface area contributed by atoms with E-state index >= 15 is 0 Å². The van der Waals surface area contributed by atoms with Gasteiger partial charge < -0.3 is 10.2 Å². The van der Waals surface area contributed by atoms with Crippen molar-refractivity contribution in [3.8, 4) is 0 Å². The van der Waals surface area contributed by atoms with Gasteiger partial charge in [-0.15, -0.1) is 0 Å². The predicted molar refractivity (Wildman–Crippen MR) is 151 cm³/mol. The summed E-state index contributed by atoms with van der Waals surface area (Å²) in [5.41, 5.74) is 4.07. The Labute approximate surface area is 226 Å². The SMILES string of the molecule is Cc1ccc(S(=O)(=O)N(CC(=O)N(Cc2ccccc2)[C@H](C)C(=O)NC(C)C)c2ccc(C)c(C)c2)cc1. The van der Waals surface area contributed by atoms with Crippen LogP contribution in [0, 0.1) is 20.8 Å². The highest BCUT2D eigenvalue weighted by atomic mass is 32.2. The quantitative estimate of drug-likeness (QED) is 0.406. The topological polar surface area (TPSA) is 86.8 Å². The van der Waals surface area contributed by atoms with Gasteiger partial charge in [0.05, 0.1) is 10.6 Å². The Morgan fingerprint density at radius 2 is 1.47 bits per heavy atom. The van der Waals surface area contributed by atoms with Gasteiger partial charge in [-0.2, -0.15) is 0 Å². The van der Waals surface area contributed by atoms with Crippen molar-refractivity contribution in [2.45, 2.75) is 65.1 Å². The highest BCUT2D eigenvalue weighted by Crippen LogP contribution is 2.27. The van der Waals surface area contributed by atoms with Crippen LogP contribution in [0.2, 0.25) is 0 Å². The van der Waals surface area contributed by atoms with Crippen LogP contribution in [0.1, 0.15) is 43.0 Å². The second kappa shape index (κ2) is 12.3. The predicted octanol–water partition coefficient (Wildman–Crippen LogP) is 4.75. The van der Waals surface area contributed by atoms with Crippen molar-refractivity contribution in [3.63, 3.8) is 0 Å². The number of carbonyl (C=O) groups is 2. The second-order valence-electron chi connectivity index (χ2n) is 9.94. The monoisotopic (exact) mass is 535 g/mol. The van der Waals surface area contributed by atoms with Gasteiger partial charge in [-0.1, -0.05) is 54.1 Å². The maximum absolute atomic E-state index is 13.9. The minimum absolute atomic E-state index is 0.0920. The fraction of sp³-hybridized carbons (Fsp3) is 0.333. The van der Waals surface area contributed by atoms with Gasteiger partial charge in [0.25, 0.3) is 10.0 Å². The Morgan fingerprint density at radius 3 is 2.05 bits per heavy atom. The number of nitrogens with zero attached hydrogens (tertiary/aromatic N) is 2. The van der Waals surface area contributed by atoms with Crippen LogP contribution in [0.5, 0.6) is 0 Å². The van der Waals surface area contributed by atoms with Gasteiger partial charge >= 0.3 is 0 Å². The largest absolute Gasteiger partial charge is 0.352 e. The molecule has 1 atom stereocenters. The molecule has 0 aliphatic heterocycles. The summed E-state index contributed by atoms with van der Waals surface area (Å²) >= 11 is 0. The molecule has 0 aliphatic rings. The number of nitrogens with one attached hydrogen (secondary N) is 1. The molecule has 0 fully saturated rings. The second-order valence-corrected chi connectivity index (χ2v) is 11.8. The van der Waals surface area contributed by atoms with Crippen molar-refractivity contribution >= 4 is 27.5 Å². The fourth-order valence-corrected chi connectivity index (χ4v) is 5.42. The zero-order valence-corrected chi connectivity index (χ0v) is 23.7. The van der Waals surface area contributed by atoms with Gasteiger partial charge in [-0.05, 0) is 82.5 Å². The van der Waals surface area contributed by atoms with Crippen molar-refractivity contribution in [2.75, 3.05) is 10.8 Å². The van der Waals surface area contributed by atoms with E-state index in [0.29, 0.717) is 5.69 Å². The van der Waals surface area contributed by atoms with Crippen molar-refractivity contribution in [3.05, 3.63) is 95.1 Å². The molecule has 202 valence electrons. The van der Waals surface area contributed by atoms with Crippen molar-refractivity contribution in [1.82, 2.24) is 10.2 Å². The van der Waals surface area contributed by atoms with Gasteiger partial charge in [0.1, 0.15) is 12.6 Å². The third-order valence-corrected chi connectivity index (χ3v) is 8.25. The summed E-state index contributed by atoms with van der Waals surface area (Å²) in [5, 5.41) is 2.86. The van der Waals surface area contributed by atoms with Crippen LogP contribution in [-0.4, -0.2) is 43.8 Å². The first-order valence-corrected chi connectivity index (χ1v) is 14.1. The van der Waals surface area contributed by atoms with E-state index < -0.39 is 28.5 Å². The standard InChI is InChI=1S/C30H37N3O4S/c1-21(2)31-30(35)25(6)32(19-26-10-8-7-9-11-26)29(34)20-33(27-15-14-23(4)24(5)18-27)38(36,37)28-16-12-22(3)13-17-28/h7-18,21,25H,19-20H2,1-6H3,(H,31,35)/t25-/m1/s1. The molecule has 1 N–H and O–H groups in total. The minimum Gasteiger partial charge on any atom is -0.352 e. The number of anilines is 1. The molecule has 0 heterocycles. The molecule has 0 saturated carbocycles. The zero-order valence-electron chi connectivity index (χ0n) is 22.9. The molecular weight excluding hydrogens is 498 g/mol. The summed E-state index contributed by atoms with van der Waals surface area (Å²) in [6.07, 6.45) is 0. The summed E-state index contributed by atoms with van der Waals surface area (Å²) in [5.74, 6) is -0.780. The first-order chi connectivity index (χ1) is 17.9. The number of benzene rings is 3. The Morgan fingerprint density at radius 1 is 0.842 bits per heavy atom. The van der Waals surface area contributed by atoms with E-state index in [1.54, 1.807) is 43.3 Å². The van der Waals surface area contributed by atoms with Crippen LogP contribution in [0.25, 0.3) is 0 Å². The van der Waals surface area contributed by atoms with E-state index in [2.05, 4.69) is 5.32 Å². The number of hydrogen-bond acceptors (Lipinski definition) is 4. The van der Waals surface area contributed by atoms with E-state index in [9.17, 15) is 18.0 Å². The molecule has 3 rings (SSSR count). The summed E-state index contributed by atoms with van der Waals surface area (Å²) in [7, 11) is -4.08. The molecule has 0 spiro atoms. The van der Waals surface area contributed by atoms with Crippen molar-refractivity contribution < 1.29 is 18.0 Å². The normalized spacial score (nSPS) is 12.2. The molecule has 7 nitrogen and oxygen atoms in total. The Kier molecular flexibility index (Phi) is 9.33. The Balaban J connectivity index is 2.04. The maximum Gasteiger partial charge on any atom is 0.264 e. The highest BCUT2D eigenvalue weighted by Gasteiger charge is 2.32. The lowest BCUT2D eigenvalue weighted by atomic mass is 10.1. The van der Waals surface area contributed by atoms with Gasteiger partial charge in [-0.25, -0.2) is 8.42 Å². The molecule has 3 aromatic carbocycles. The zero-order chi connectivity index (χ0) is 28.0. The van der Waals surface area contributed by atoms with Gasteiger partial charge in [0.2, 0.25) is 11.8 Å². The molecule has 8 heteroatoms. The number of carbonyl (C=O) groups excluding carboxylic acids is 2. The number of rotatable bonds is 10. The third-order valence-electron chi connectivity index (χ3n) is 6.46. The average molecular weight is 536 g/mol. The molecule has 0 unspecified atom stereocenters. The number of sulfonamides is 1. The lowest BCUT2D eigenvalue weighted by molar-refractivity contribution is -0.139. The lowest BCUT2D eigenvalue weighted by Crippen LogP contribution is -2.52. The molecule has 38 heavy (non-hydrogen) atoms. The average Bonchev–Trinajstić information content (AvgIpc) is 2.87. The first kappa shape index (κ1) is 28.9. The molecular formula is C30H37N3O4S. The highest BCUT2D eigenvalue weighted by molar-refractivity contribution is 7.92. The van der Waals surface area contributed by atoms with E-state index in [0.717, 1.165) is 26.6 Å². The number of amides is 2. The molecule has 2 amide bonds. The van der Waals surface area contributed by atoms with Crippen LogP contribution in [-0.2, 0) is 26.2 Å². The minimum atomic E-state index is -4.08. The molecule has 3 aromatic rings. The van der Waals surface area contributed by atoms with Crippen LogP contribution < -0.4 is 9.62 Å². The fourth-order valence-electron chi connectivity index (χ4n) is 4.01. The molecule has 0 bridgehead atoms. The van der Waals surface area contributed by atoms with Crippen LogP contribution in [0.4, 0.5) is 5.69 Å². The lowest BCUT2D eigenvalue weighted by Gasteiger charge is -2.32. The number of aryl methyl sites for hydroxylation is 3. The molecule has 0 aliphatic carbocycles. The van der Waals surface area contributed by atoms with Crippen LogP contribution in [0.15, 0.2) is 77.7 Å². The third kappa shape index (κ3) is 7.01. The Hall–Kier alpha value is -3.65. The van der Waals surface area contributed by atoms with E-state index in [4.69, 9.17) is 0 Å². The van der Waals surface area contributed by atoms with Crippen LogP contribution in [0.3, 0.4) is 0 Å². The smallest absolute Gasteiger partial charge is 0.264 e. The van der Waals surface area contributed by atoms with Crippen LogP contribution >= 0.6 is 0 Å². The van der Waals surface area contributed by atoms with Gasteiger partial charge in [0, 0.05) is 12.6 Å². The van der Waals surface area contributed by atoms with Crippen molar-refractivity contribution in [1.29, 1.82) is 0 Å². The van der Waals surface area contributed by atoms with E-state index in [1.807, 2.05) is 71.0 Å². The van der Waals surface area contributed by atoms with E-state index in [-0.39, 0.29) is 23.4 Å². The summed E-state index contributed by atoms with van der Waals surface area (Å²) in [4.78, 5) is 28.4. The summed E-state index contributed by atoms with van der Waals surface area (Å²) in [6.45, 7) is 10.8.